The average molecular weight is 394 g/mol. The van der Waals surface area contributed by atoms with E-state index in [1.54, 1.807) is 7.11 Å². The van der Waals surface area contributed by atoms with Crippen LogP contribution < -0.4 is 14.9 Å². The number of nitrogens with zero attached hydrogens (tertiary/aromatic N) is 3. The summed E-state index contributed by atoms with van der Waals surface area (Å²) in [4.78, 5) is 19.8. The molecule has 2 aromatic rings. The smallest absolute Gasteiger partial charge is 0.418 e. The van der Waals surface area contributed by atoms with Gasteiger partial charge < -0.3 is 19.7 Å². The molecule has 1 aliphatic rings. The summed E-state index contributed by atoms with van der Waals surface area (Å²) in [5.74, 6) is 0. The summed E-state index contributed by atoms with van der Waals surface area (Å²) in [6.07, 6.45) is 3.34. The van der Waals surface area contributed by atoms with Gasteiger partial charge in [-0.1, -0.05) is 0 Å². The van der Waals surface area contributed by atoms with Gasteiger partial charge in [-0.15, -0.1) is 0 Å². The van der Waals surface area contributed by atoms with Gasteiger partial charge in [-0.2, -0.15) is 0 Å². The van der Waals surface area contributed by atoms with Crippen molar-refractivity contribution < 1.29 is 14.3 Å². The van der Waals surface area contributed by atoms with Crippen LogP contribution >= 0.6 is 11.9 Å². The number of carbonyl (C=O) groups is 1. The van der Waals surface area contributed by atoms with E-state index in [4.69, 9.17) is 9.47 Å². The molecule has 0 bridgehead atoms. The number of ether oxygens (including phenoxy) is 2. The fraction of sp³-hybridized carbons (Fsp3) is 0.556. The zero-order valence-electron chi connectivity index (χ0n) is 16.2. The van der Waals surface area contributed by atoms with Gasteiger partial charge in [0.15, 0.2) is 5.65 Å². The van der Waals surface area contributed by atoms with Crippen molar-refractivity contribution in [2.45, 2.75) is 37.9 Å². The highest BCUT2D eigenvalue weighted by Crippen LogP contribution is 2.28. The van der Waals surface area contributed by atoms with Crippen molar-refractivity contribution in [2.75, 3.05) is 38.2 Å². The second-order valence-electron chi connectivity index (χ2n) is 7.38. The minimum absolute atomic E-state index is 0.459. The maximum Gasteiger partial charge on any atom is 0.418 e. The molecule has 0 radical (unpaired) electrons. The van der Waals surface area contributed by atoms with Crippen LogP contribution in [-0.2, 0) is 16.1 Å². The molecular weight excluding hydrogens is 366 g/mol. The predicted molar refractivity (Wildman–Crippen MR) is 106 cm³/mol. The number of fused-ring (bicyclic) bond motifs is 1. The third-order valence-electron chi connectivity index (χ3n) is 4.04. The van der Waals surface area contributed by atoms with Crippen LogP contribution in [0.4, 0.5) is 10.5 Å². The summed E-state index contributed by atoms with van der Waals surface area (Å²) >= 11 is 1.24. The van der Waals surface area contributed by atoms with Gasteiger partial charge in [-0.25, -0.2) is 9.78 Å². The van der Waals surface area contributed by atoms with Gasteiger partial charge in [0.25, 0.3) is 0 Å². The topological polar surface area (TPSA) is 80.1 Å². The Hall–Kier alpha value is -1.97. The lowest BCUT2D eigenvalue weighted by atomic mass is 10.2. The first-order chi connectivity index (χ1) is 12.9. The molecule has 3 heterocycles. The molecule has 1 amide bonds. The summed E-state index contributed by atoms with van der Waals surface area (Å²) in [6.45, 7) is 9.69. The molecule has 3 rings (SSSR count). The van der Waals surface area contributed by atoms with Crippen molar-refractivity contribution in [3.63, 3.8) is 0 Å². The van der Waals surface area contributed by atoms with E-state index in [1.807, 2.05) is 37.6 Å². The molecule has 0 unspecified atom stereocenters. The molecule has 0 aliphatic carbocycles. The van der Waals surface area contributed by atoms with Crippen LogP contribution in [0.5, 0.6) is 0 Å². The number of piperazine rings is 1. The zero-order valence-corrected chi connectivity index (χ0v) is 17.1. The molecular formula is C18H27N5O3S. The highest BCUT2D eigenvalue weighted by Gasteiger charge is 2.19. The Morgan fingerprint density at radius 1 is 1.37 bits per heavy atom. The third-order valence-corrected chi connectivity index (χ3v) is 4.77. The average Bonchev–Trinajstić information content (AvgIpc) is 3.02. The molecule has 1 fully saturated rings. The molecule has 9 heteroatoms. The van der Waals surface area contributed by atoms with Crippen molar-refractivity contribution in [3.05, 3.63) is 24.2 Å². The monoisotopic (exact) mass is 393 g/mol. The Bertz CT molecular complexity index is 796. The largest absolute Gasteiger partial charge is 0.443 e. The maximum absolute atomic E-state index is 12.0. The van der Waals surface area contributed by atoms with Gasteiger partial charge in [-0.05, 0) is 38.8 Å². The van der Waals surface area contributed by atoms with E-state index in [0.29, 0.717) is 6.61 Å². The Morgan fingerprint density at radius 3 is 2.78 bits per heavy atom. The Labute approximate surface area is 163 Å². The quantitative estimate of drug-likeness (QED) is 0.755. The number of carbonyl (C=O) groups excluding carboxylic acids is 1. The highest BCUT2D eigenvalue weighted by molar-refractivity contribution is 7.98. The van der Waals surface area contributed by atoms with Crippen molar-refractivity contribution >= 4 is 29.4 Å². The second-order valence-corrected chi connectivity index (χ2v) is 8.26. The second kappa shape index (κ2) is 8.37. The first-order valence-corrected chi connectivity index (χ1v) is 9.79. The first-order valence-electron chi connectivity index (χ1n) is 8.98. The summed E-state index contributed by atoms with van der Waals surface area (Å²) < 4.78 is 15.4. The predicted octanol–water partition coefficient (Wildman–Crippen LogP) is 2.42. The van der Waals surface area contributed by atoms with Crippen LogP contribution in [0.25, 0.3) is 5.65 Å². The van der Waals surface area contributed by atoms with Crippen molar-refractivity contribution in [2.24, 2.45) is 0 Å². The Kier molecular flexibility index (Phi) is 6.13. The summed E-state index contributed by atoms with van der Waals surface area (Å²) in [5, 5.41) is 3.37. The highest BCUT2D eigenvalue weighted by atomic mass is 32.2. The number of pyridine rings is 1. The lowest BCUT2D eigenvalue weighted by molar-refractivity contribution is 0.0574. The van der Waals surface area contributed by atoms with E-state index in [2.05, 4.69) is 26.0 Å². The van der Waals surface area contributed by atoms with Gasteiger partial charge in [0.1, 0.15) is 5.60 Å². The van der Waals surface area contributed by atoms with Crippen LogP contribution in [-0.4, -0.2) is 54.4 Å². The normalized spacial score (nSPS) is 15.2. The minimum atomic E-state index is -0.531. The van der Waals surface area contributed by atoms with Crippen LogP contribution in [0, 0.1) is 0 Å². The van der Waals surface area contributed by atoms with Gasteiger partial charge >= 0.3 is 6.09 Å². The van der Waals surface area contributed by atoms with E-state index in [9.17, 15) is 4.79 Å². The molecule has 0 saturated carbocycles. The van der Waals surface area contributed by atoms with E-state index in [-0.39, 0.29) is 0 Å². The first kappa shape index (κ1) is 19.8. The number of methoxy groups -OCH3 is 1. The molecule has 27 heavy (non-hydrogen) atoms. The van der Waals surface area contributed by atoms with Gasteiger partial charge in [-0.3, -0.25) is 9.12 Å². The Morgan fingerprint density at radius 2 is 2.11 bits per heavy atom. The van der Waals surface area contributed by atoms with Gasteiger partial charge in [0, 0.05) is 44.4 Å². The SMILES string of the molecule is COCc1cnc2c(N3CCNCC3)cc(SNC(=O)OC(C)(C)C)cn12. The fourth-order valence-corrected chi connectivity index (χ4v) is 3.51. The van der Waals surface area contributed by atoms with Crippen LogP contribution in [0.3, 0.4) is 0 Å². The molecule has 1 aliphatic heterocycles. The zero-order chi connectivity index (χ0) is 19.4. The lowest BCUT2D eigenvalue weighted by Gasteiger charge is -2.30. The number of hydrogen-bond acceptors (Lipinski definition) is 7. The van der Waals surface area contributed by atoms with Crippen LogP contribution in [0.1, 0.15) is 26.5 Å². The van der Waals surface area contributed by atoms with Crippen molar-refractivity contribution in [1.82, 2.24) is 19.4 Å². The summed E-state index contributed by atoms with van der Waals surface area (Å²) in [7, 11) is 1.67. The molecule has 148 valence electrons. The molecule has 2 aromatic heterocycles. The van der Waals surface area contributed by atoms with E-state index >= 15 is 0 Å². The summed E-state index contributed by atoms with van der Waals surface area (Å²) in [6, 6.07) is 2.06. The number of rotatable bonds is 5. The summed E-state index contributed by atoms with van der Waals surface area (Å²) in [5.41, 5.74) is 2.38. The van der Waals surface area contributed by atoms with Crippen LogP contribution in [0.2, 0.25) is 0 Å². The number of hydrogen-bond donors (Lipinski definition) is 2. The van der Waals surface area contributed by atoms with Gasteiger partial charge in [0.05, 0.1) is 24.2 Å². The van der Waals surface area contributed by atoms with E-state index in [1.165, 1.54) is 11.9 Å². The van der Waals surface area contributed by atoms with E-state index < -0.39 is 11.7 Å². The lowest BCUT2D eigenvalue weighted by Crippen LogP contribution is -2.43. The maximum atomic E-state index is 12.0. The molecule has 0 aromatic carbocycles. The number of amides is 1. The Balaban J connectivity index is 1.87. The number of nitrogens with one attached hydrogen (secondary N) is 2. The van der Waals surface area contributed by atoms with Crippen molar-refractivity contribution in [1.29, 1.82) is 0 Å². The molecule has 0 atom stereocenters. The van der Waals surface area contributed by atoms with Crippen molar-refractivity contribution in [3.8, 4) is 0 Å². The number of anilines is 1. The minimum Gasteiger partial charge on any atom is -0.443 e. The number of imidazole rings is 1. The standard InChI is InChI=1S/C18H27N5O3S/c1-18(2,3)26-17(24)21-27-14-9-15(22-7-5-19-6-8-22)16-20-10-13(12-25-4)23(16)11-14/h9-11,19H,5-8,12H2,1-4H3,(H,21,24). The molecule has 0 spiro atoms. The fourth-order valence-electron chi connectivity index (χ4n) is 2.94. The molecule has 8 nitrogen and oxygen atoms in total. The number of aromatic nitrogens is 2. The van der Waals surface area contributed by atoms with Gasteiger partial charge in [0.2, 0.25) is 0 Å². The van der Waals surface area contributed by atoms with Crippen LogP contribution in [0.15, 0.2) is 23.4 Å². The third kappa shape index (κ3) is 5.06. The van der Waals surface area contributed by atoms with E-state index in [0.717, 1.165) is 48.1 Å². The molecule has 1 saturated heterocycles. The molecule has 2 N–H and O–H groups in total.